The molecule has 0 spiro atoms. The van der Waals surface area contributed by atoms with E-state index in [1.165, 1.54) is 18.2 Å². The van der Waals surface area contributed by atoms with E-state index in [0.717, 1.165) is 25.6 Å². The largest absolute Gasteiger partial charge is 0.586 e. The molecule has 1 fully saturated rings. The summed E-state index contributed by atoms with van der Waals surface area (Å²) < 4.78 is 59.6. The van der Waals surface area contributed by atoms with E-state index in [0.29, 0.717) is 18.8 Å². The Balaban J connectivity index is 1.51. The van der Waals surface area contributed by atoms with Crippen LogP contribution in [0.1, 0.15) is 12.8 Å². The van der Waals surface area contributed by atoms with E-state index in [-0.39, 0.29) is 29.9 Å². The first-order valence-electron chi connectivity index (χ1n) is 8.46. The number of rotatable bonds is 6. The molecular weight excluding hydrogens is 384 g/mol. The van der Waals surface area contributed by atoms with E-state index < -0.39 is 16.3 Å². The van der Waals surface area contributed by atoms with Crippen molar-refractivity contribution in [3.05, 3.63) is 18.2 Å². The third kappa shape index (κ3) is 5.75. The van der Waals surface area contributed by atoms with Crippen molar-refractivity contribution in [1.82, 2.24) is 9.62 Å². The highest BCUT2D eigenvalue weighted by Crippen LogP contribution is 2.42. The smallest absolute Gasteiger partial charge is 0.395 e. The van der Waals surface area contributed by atoms with Crippen LogP contribution >= 0.6 is 0 Å². The van der Waals surface area contributed by atoms with Gasteiger partial charge >= 0.3 is 6.29 Å². The molecule has 1 amide bonds. The molecule has 2 heterocycles. The number of ether oxygens (including phenoxy) is 2. The zero-order valence-electron chi connectivity index (χ0n) is 14.7. The highest BCUT2D eigenvalue weighted by molar-refractivity contribution is 7.88. The second-order valence-electron chi connectivity index (χ2n) is 6.74. The standard InChI is InChI=1S/C16H21F2N3O5S/c1-27(23,24)19-8-11-3-2-6-21(9-11)10-15(22)20-12-4-5-13-14(7-12)26-16(17,18)25-13/h4-5,7,11,19H,2-3,6,8-10H2,1H3,(H,20,22)/t11-/m0/s1. The monoisotopic (exact) mass is 405 g/mol. The topological polar surface area (TPSA) is 97.0 Å². The Morgan fingerprint density at radius 1 is 1.33 bits per heavy atom. The molecule has 27 heavy (non-hydrogen) atoms. The van der Waals surface area contributed by atoms with Crippen LogP contribution in [-0.4, -0.2) is 58.0 Å². The number of nitrogens with zero attached hydrogens (tertiary/aromatic N) is 1. The number of carbonyl (C=O) groups excluding carboxylic acids is 1. The van der Waals surface area contributed by atoms with E-state index in [9.17, 15) is 22.0 Å². The second kappa shape index (κ2) is 7.56. The Morgan fingerprint density at radius 2 is 2.07 bits per heavy atom. The summed E-state index contributed by atoms with van der Waals surface area (Å²) in [6, 6.07) is 4.04. The van der Waals surface area contributed by atoms with Crippen molar-refractivity contribution >= 4 is 21.6 Å². The Hall–Kier alpha value is -1.98. The number of anilines is 1. The summed E-state index contributed by atoms with van der Waals surface area (Å²) in [6.07, 6.45) is -0.838. The van der Waals surface area contributed by atoms with Gasteiger partial charge in [0.05, 0.1) is 12.8 Å². The number of fused-ring (bicyclic) bond motifs is 1. The van der Waals surface area contributed by atoms with E-state index in [2.05, 4.69) is 19.5 Å². The van der Waals surface area contributed by atoms with Gasteiger partial charge in [0.2, 0.25) is 15.9 Å². The third-order valence-corrected chi connectivity index (χ3v) is 4.98. The maximum absolute atomic E-state index is 13.0. The predicted molar refractivity (Wildman–Crippen MR) is 93.3 cm³/mol. The van der Waals surface area contributed by atoms with Crippen LogP contribution in [0.15, 0.2) is 18.2 Å². The zero-order valence-corrected chi connectivity index (χ0v) is 15.5. The number of hydrogen-bond donors (Lipinski definition) is 2. The Kier molecular flexibility index (Phi) is 5.54. The number of benzene rings is 1. The molecule has 0 unspecified atom stereocenters. The van der Waals surface area contributed by atoms with Crippen molar-refractivity contribution in [1.29, 1.82) is 0 Å². The van der Waals surface area contributed by atoms with Crippen molar-refractivity contribution in [2.75, 3.05) is 37.8 Å². The molecule has 150 valence electrons. The molecule has 1 aromatic rings. The molecule has 3 rings (SSSR count). The molecule has 8 nitrogen and oxygen atoms in total. The number of alkyl halides is 2. The number of carbonyl (C=O) groups is 1. The fraction of sp³-hybridized carbons (Fsp3) is 0.562. The zero-order chi connectivity index (χ0) is 19.7. The average Bonchev–Trinajstić information content (AvgIpc) is 2.85. The SMILES string of the molecule is CS(=O)(=O)NC[C@@H]1CCCN(CC(=O)Nc2ccc3c(c2)OC(F)(F)O3)C1. The lowest BCUT2D eigenvalue weighted by molar-refractivity contribution is -0.286. The molecule has 0 aliphatic carbocycles. The van der Waals surface area contributed by atoms with E-state index >= 15 is 0 Å². The fourth-order valence-corrected chi connectivity index (χ4v) is 3.70. The van der Waals surface area contributed by atoms with Gasteiger partial charge in [0.15, 0.2) is 11.5 Å². The number of nitrogens with one attached hydrogen (secondary N) is 2. The van der Waals surface area contributed by atoms with Crippen LogP contribution < -0.4 is 19.5 Å². The lowest BCUT2D eigenvalue weighted by Crippen LogP contribution is -2.43. The normalized spacial score (nSPS) is 21.8. The van der Waals surface area contributed by atoms with Gasteiger partial charge in [-0.05, 0) is 37.4 Å². The molecule has 0 radical (unpaired) electrons. The molecule has 0 bridgehead atoms. The van der Waals surface area contributed by atoms with Crippen molar-refractivity contribution in [3.8, 4) is 11.5 Å². The maximum atomic E-state index is 13.0. The van der Waals surface area contributed by atoms with Gasteiger partial charge in [0.1, 0.15) is 0 Å². The van der Waals surface area contributed by atoms with Crippen LogP contribution in [0, 0.1) is 5.92 Å². The minimum atomic E-state index is -3.70. The lowest BCUT2D eigenvalue weighted by Gasteiger charge is -2.32. The summed E-state index contributed by atoms with van der Waals surface area (Å²) in [5, 5.41) is 2.64. The Bertz CT molecular complexity index is 818. The van der Waals surface area contributed by atoms with Gasteiger partial charge in [-0.15, -0.1) is 8.78 Å². The van der Waals surface area contributed by atoms with Crippen LogP contribution in [0.3, 0.4) is 0 Å². The van der Waals surface area contributed by atoms with Gasteiger partial charge in [0, 0.05) is 24.8 Å². The van der Waals surface area contributed by atoms with Crippen molar-refractivity contribution in [2.45, 2.75) is 19.1 Å². The molecule has 1 atom stereocenters. The molecule has 2 N–H and O–H groups in total. The molecule has 1 aromatic carbocycles. The Morgan fingerprint density at radius 3 is 2.81 bits per heavy atom. The van der Waals surface area contributed by atoms with Crippen molar-refractivity contribution < 1.29 is 31.5 Å². The first-order valence-corrected chi connectivity index (χ1v) is 10.4. The van der Waals surface area contributed by atoms with Crippen molar-refractivity contribution in [2.24, 2.45) is 5.92 Å². The van der Waals surface area contributed by atoms with E-state index in [4.69, 9.17) is 0 Å². The summed E-state index contributed by atoms with van der Waals surface area (Å²) in [5.41, 5.74) is 0.326. The molecular formula is C16H21F2N3O5S. The van der Waals surface area contributed by atoms with E-state index in [1.54, 1.807) is 0 Å². The summed E-state index contributed by atoms with van der Waals surface area (Å²) in [4.78, 5) is 14.2. The molecule has 2 aliphatic rings. The van der Waals surface area contributed by atoms with Gasteiger partial charge in [-0.25, -0.2) is 13.1 Å². The minimum Gasteiger partial charge on any atom is -0.395 e. The quantitative estimate of drug-likeness (QED) is 0.739. The van der Waals surface area contributed by atoms with E-state index in [1.807, 2.05) is 4.90 Å². The highest BCUT2D eigenvalue weighted by Gasteiger charge is 2.43. The predicted octanol–water partition coefficient (Wildman–Crippen LogP) is 1.21. The lowest BCUT2D eigenvalue weighted by atomic mass is 9.98. The van der Waals surface area contributed by atoms with Crippen molar-refractivity contribution in [3.63, 3.8) is 0 Å². The fourth-order valence-electron chi connectivity index (χ4n) is 3.16. The average molecular weight is 405 g/mol. The molecule has 0 saturated carbocycles. The maximum Gasteiger partial charge on any atom is 0.586 e. The van der Waals surface area contributed by atoms with Gasteiger partial charge in [-0.2, -0.15) is 0 Å². The van der Waals surface area contributed by atoms with Crippen LogP contribution in [0.5, 0.6) is 11.5 Å². The summed E-state index contributed by atoms with van der Waals surface area (Å²) >= 11 is 0. The summed E-state index contributed by atoms with van der Waals surface area (Å²) in [5.74, 6) is -0.385. The number of hydrogen-bond acceptors (Lipinski definition) is 6. The Labute approximate surface area is 155 Å². The number of sulfonamides is 1. The third-order valence-electron chi connectivity index (χ3n) is 4.29. The highest BCUT2D eigenvalue weighted by atomic mass is 32.2. The van der Waals surface area contributed by atoms with Gasteiger partial charge in [-0.1, -0.05) is 0 Å². The van der Waals surface area contributed by atoms with Crippen LogP contribution in [0.2, 0.25) is 0 Å². The van der Waals surface area contributed by atoms with Gasteiger partial charge in [-0.3, -0.25) is 9.69 Å². The number of amides is 1. The van der Waals surface area contributed by atoms with Crippen LogP contribution in [-0.2, 0) is 14.8 Å². The minimum absolute atomic E-state index is 0.0877. The molecule has 2 aliphatic heterocycles. The second-order valence-corrected chi connectivity index (χ2v) is 8.57. The van der Waals surface area contributed by atoms with Crippen LogP contribution in [0.4, 0.5) is 14.5 Å². The number of piperidine rings is 1. The first kappa shape index (κ1) is 19.8. The molecule has 1 saturated heterocycles. The molecule has 0 aromatic heterocycles. The summed E-state index contributed by atoms with van der Waals surface area (Å²) in [7, 11) is -3.24. The summed E-state index contributed by atoms with van der Waals surface area (Å²) in [6.45, 7) is 1.80. The van der Waals surface area contributed by atoms with Crippen LogP contribution in [0.25, 0.3) is 0 Å². The molecule has 11 heteroatoms. The van der Waals surface area contributed by atoms with Gasteiger partial charge < -0.3 is 14.8 Å². The number of likely N-dealkylation sites (tertiary alicyclic amines) is 1. The van der Waals surface area contributed by atoms with Gasteiger partial charge in [0.25, 0.3) is 0 Å². The first-order chi connectivity index (χ1) is 12.6. The number of halogens is 2.